The van der Waals surface area contributed by atoms with Gasteiger partial charge in [0.15, 0.2) is 5.82 Å². The van der Waals surface area contributed by atoms with E-state index in [1.807, 2.05) is 6.92 Å². The van der Waals surface area contributed by atoms with Crippen LogP contribution in [0.25, 0.3) is 5.82 Å². The number of amides is 2. The van der Waals surface area contributed by atoms with Crippen molar-refractivity contribution >= 4 is 17.5 Å². The predicted octanol–water partition coefficient (Wildman–Crippen LogP) is 2.71. The van der Waals surface area contributed by atoms with Crippen molar-refractivity contribution < 1.29 is 9.53 Å². The van der Waals surface area contributed by atoms with Gasteiger partial charge in [0.2, 0.25) is 0 Å². The Balaban J connectivity index is 1.63. The Morgan fingerprint density at radius 3 is 2.75 bits per heavy atom. The highest BCUT2D eigenvalue weighted by molar-refractivity contribution is 5.99. The smallest absolute Gasteiger partial charge is 0.324 e. The lowest BCUT2D eigenvalue weighted by atomic mass is 10.3. The molecule has 1 aromatic carbocycles. The summed E-state index contributed by atoms with van der Waals surface area (Å²) in [5, 5.41) is 9.47. The normalized spacial score (nSPS) is 10.2. The second kappa shape index (κ2) is 7.23. The number of nitrogens with one attached hydrogen (secondary N) is 2. The van der Waals surface area contributed by atoms with Crippen molar-refractivity contribution in [1.29, 1.82) is 0 Å². The molecule has 0 atom stereocenters. The lowest BCUT2D eigenvalue weighted by Gasteiger charge is -2.09. The molecule has 2 aromatic heterocycles. The molecular formula is C16H16N6O2. The Kier molecular flexibility index (Phi) is 4.66. The molecule has 0 aliphatic carbocycles. The van der Waals surface area contributed by atoms with E-state index in [2.05, 4.69) is 25.7 Å². The Morgan fingerprint density at radius 1 is 1.21 bits per heavy atom. The minimum absolute atomic E-state index is 0.374. The SMILES string of the molecule is CCOc1ccc(NC(=O)Nc2cc(-n3cccn3)ncn2)cc1. The average molecular weight is 324 g/mol. The summed E-state index contributed by atoms with van der Waals surface area (Å²) in [5.74, 6) is 1.69. The van der Waals surface area contributed by atoms with E-state index in [0.717, 1.165) is 5.75 Å². The van der Waals surface area contributed by atoms with Crippen LogP contribution >= 0.6 is 0 Å². The third kappa shape index (κ3) is 3.86. The van der Waals surface area contributed by atoms with Crippen LogP contribution in [0.5, 0.6) is 5.75 Å². The number of rotatable bonds is 5. The summed E-state index contributed by atoms with van der Waals surface area (Å²) in [6.07, 6.45) is 4.77. The summed E-state index contributed by atoms with van der Waals surface area (Å²) >= 11 is 0. The summed E-state index contributed by atoms with van der Waals surface area (Å²) in [5.41, 5.74) is 0.650. The highest BCUT2D eigenvalue weighted by atomic mass is 16.5. The second-order valence-corrected chi connectivity index (χ2v) is 4.75. The third-order valence-corrected chi connectivity index (χ3v) is 3.06. The molecular weight excluding hydrogens is 308 g/mol. The molecule has 8 heteroatoms. The molecule has 2 heterocycles. The topological polar surface area (TPSA) is 94.0 Å². The highest BCUT2D eigenvalue weighted by Gasteiger charge is 2.06. The number of hydrogen-bond donors (Lipinski definition) is 2. The summed E-state index contributed by atoms with van der Waals surface area (Å²) in [6, 6.07) is 10.1. The summed E-state index contributed by atoms with van der Waals surface area (Å²) in [6.45, 7) is 2.51. The van der Waals surface area contributed by atoms with Crippen LogP contribution < -0.4 is 15.4 Å². The van der Waals surface area contributed by atoms with Crippen LogP contribution in [-0.2, 0) is 0 Å². The quantitative estimate of drug-likeness (QED) is 0.752. The molecule has 0 saturated heterocycles. The second-order valence-electron chi connectivity index (χ2n) is 4.75. The molecule has 24 heavy (non-hydrogen) atoms. The fourth-order valence-electron chi connectivity index (χ4n) is 2.02. The van der Waals surface area contributed by atoms with Gasteiger partial charge in [-0.25, -0.2) is 19.4 Å². The summed E-state index contributed by atoms with van der Waals surface area (Å²) < 4.78 is 6.94. The first-order valence-corrected chi connectivity index (χ1v) is 7.37. The third-order valence-electron chi connectivity index (χ3n) is 3.06. The zero-order valence-corrected chi connectivity index (χ0v) is 13.0. The Hall–Kier alpha value is -3.42. The van der Waals surface area contributed by atoms with Crippen LogP contribution in [0.4, 0.5) is 16.3 Å². The standard InChI is InChI=1S/C16H16N6O2/c1-2-24-13-6-4-12(5-7-13)20-16(23)21-14-10-15(18-11-17-14)22-9-3-8-19-22/h3-11H,2H2,1H3,(H2,17,18,20,21,23). The Morgan fingerprint density at radius 2 is 2.04 bits per heavy atom. The number of benzene rings is 1. The Labute approximate surface area is 138 Å². The fourth-order valence-corrected chi connectivity index (χ4v) is 2.02. The number of carbonyl (C=O) groups is 1. The van der Waals surface area contributed by atoms with Crippen LogP contribution in [0.1, 0.15) is 6.92 Å². The van der Waals surface area contributed by atoms with Gasteiger partial charge >= 0.3 is 6.03 Å². The van der Waals surface area contributed by atoms with Gasteiger partial charge < -0.3 is 10.1 Å². The Bertz CT molecular complexity index is 802. The van der Waals surface area contributed by atoms with E-state index < -0.39 is 6.03 Å². The van der Waals surface area contributed by atoms with Crippen molar-refractivity contribution in [2.24, 2.45) is 0 Å². The van der Waals surface area contributed by atoms with E-state index in [4.69, 9.17) is 4.74 Å². The maximum Gasteiger partial charge on any atom is 0.324 e. The molecule has 0 aliphatic rings. The minimum Gasteiger partial charge on any atom is -0.494 e. The van der Waals surface area contributed by atoms with Gasteiger partial charge in [-0.1, -0.05) is 0 Å². The first-order valence-electron chi connectivity index (χ1n) is 7.37. The number of aromatic nitrogens is 4. The van der Waals surface area contributed by atoms with Crippen LogP contribution in [0.3, 0.4) is 0 Å². The maximum absolute atomic E-state index is 12.1. The van der Waals surface area contributed by atoms with Gasteiger partial charge in [-0.2, -0.15) is 5.10 Å². The average Bonchev–Trinajstić information content (AvgIpc) is 3.12. The lowest BCUT2D eigenvalue weighted by molar-refractivity contribution is 0.262. The van der Waals surface area contributed by atoms with Crippen molar-refractivity contribution in [2.75, 3.05) is 17.2 Å². The van der Waals surface area contributed by atoms with Gasteiger partial charge in [0.1, 0.15) is 17.9 Å². The summed E-state index contributed by atoms with van der Waals surface area (Å²) in [7, 11) is 0. The van der Waals surface area contributed by atoms with Crippen molar-refractivity contribution in [1.82, 2.24) is 19.7 Å². The number of anilines is 2. The van der Waals surface area contributed by atoms with Crippen LogP contribution in [0.2, 0.25) is 0 Å². The first-order chi connectivity index (χ1) is 11.7. The molecule has 0 saturated carbocycles. The van der Waals surface area contributed by atoms with Gasteiger partial charge in [0, 0.05) is 24.1 Å². The van der Waals surface area contributed by atoms with Gasteiger partial charge in [-0.05, 0) is 37.3 Å². The molecule has 3 aromatic rings. The number of ether oxygens (including phenoxy) is 1. The zero-order valence-electron chi connectivity index (χ0n) is 13.0. The molecule has 3 rings (SSSR count). The van der Waals surface area contributed by atoms with Crippen LogP contribution in [0.15, 0.2) is 55.1 Å². The minimum atomic E-state index is -0.399. The molecule has 0 spiro atoms. The predicted molar refractivity (Wildman–Crippen MR) is 89.4 cm³/mol. The molecule has 0 unspecified atom stereocenters. The van der Waals surface area contributed by atoms with Crippen molar-refractivity contribution in [3.05, 3.63) is 55.1 Å². The van der Waals surface area contributed by atoms with Crippen LogP contribution in [-0.4, -0.2) is 32.4 Å². The monoisotopic (exact) mass is 324 g/mol. The number of nitrogens with zero attached hydrogens (tertiary/aromatic N) is 4. The largest absolute Gasteiger partial charge is 0.494 e. The zero-order chi connectivity index (χ0) is 16.8. The molecule has 0 bridgehead atoms. The van der Waals surface area contributed by atoms with Gasteiger partial charge in [-0.3, -0.25) is 5.32 Å². The molecule has 8 nitrogen and oxygen atoms in total. The molecule has 0 fully saturated rings. The fraction of sp³-hybridized carbons (Fsp3) is 0.125. The van der Waals surface area contributed by atoms with Crippen molar-refractivity contribution in [2.45, 2.75) is 6.92 Å². The molecule has 2 N–H and O–H groups in total. The number of carbonyl (C=O) groups excluding carboxylic acids is 1. The lowest BCUT2D eigenvalue weighted by Crippen LogP contribution is -2.20. The van der Waals surface area contributed by atoms with E-state index in [0.29, 0.717) is 23.9 Å². The van der Waals surface area contributed by atoms with Crippen LogP contribution in [0, 0.1) is 0 Å². The summed E-state index contributed by atoms with van der Waals surface area (Å²) in [4.78, 5) is 20.2. The molecule has 0 aliphatic heterocycles. The van der Waals surface area contributed by atoms with E-state index in [1.54, 1.807) is 53.5 Å². The van der Waals surface area contributed by atoms with Crippen molar-refractivity contribution in [3.8, 4) is 11.6 Å². The van der Waals surface area contributed by atoms with Gasteiger partial charge in [0.05, 0.1) is 6.61 Å². The molecule has 2 amide bonds. The van der Waals surface area contributed by atoms with E-state index >= 15 is 0 Å². The van der Waals surface area contributed by atoms with E-state index in [-0.39, 0.29) is 0 Å². The molecule has 0 radical (unpaired) electrons. The maximum atomic E-state index is 12.1. The van der Waals surface area contributed by atoms with Gasteiger partial charge in [-0.15, -0.1) is 0 Å². The first kappa shape index (κ1) is 15.5. The van der Waals surface area contributed by atoms with E-state index in [9.17, 15) is 4.79 Å². The molecule has 122 valence electrons. The van der Waals surface area contributed by atoms with E-state index in [1.165, 1.54) is 6.33 Å². The number of hydrogen-bond acceptors (Lipinski definition) is 5. The van der Waals surface area contributed by atoms with Crippen molar-refractivity contribution in [3.63, 3.8) is 0 Å². The number of urea groups is 1. The van der Waals surface area contributed by atoms with Gasteiger partial charge in [0.25, 0.3) is 0 Å². The highest BCUT2D eigenvalue weighted by Crippen LogP contribution is 2.16.